The lowest BCUT2D eigenvalue weighted by molar-refractivity contribution is -0.125. The van der Waals surface area contributed by atoms with E-state index in [9.17, 15) is 9.18 Å². The van der Waals surface area contributed by atoms with Gasteiger partial charge in [0, 0.05) is 5.92 Å². The fourth-order valence-electron chi connectivity index (χ4n) is 2.12. The molecule has 1 aliphatic rings. The van der Waals surface area contributed by atoms with Gasteiger partial charge in [-0.1, -0.05) is 18.2 Å². The van der Waals surface area contributed by atoms with E-state index < -0.39 is 5.54 Å². The Morgan fingerprint density at radius 2 is 2.05 bits per heavy atom. The molecule has 104 valence electrons. The van der Waals surface area contributed by atoms with Crippen LogP contribution >= 0.6 is 0 Å². The Morgan fingerprint density at radius 3 is 2.63 bits per heavy atom. The van der Waals surface area contributed by atoms with Crippen LogP contribution in [0.2, 0.25) is 0 Å². The summed E-state index contributed by atoms with van der Waals surface area (Å²) in [6.07, 6.45) is 0.597. The third-order valence-electron chi connectivity index (χ3n) is 3.55. The minimum atomic E-state index is -1.03. The molecule has 0 saturated heterocycles. The van der Waals surface area contributed by atoms with Gasteiger partial charge < -0.3 is 15.5 Å². The largest absolute Gasteiger partial charge is 0.394 e. The molecule has 0 aromatic heterocycles. The zero-order valence-corrected chi connectivity index (χ0v) is 10.8. The minimum absolute atomic E-state index is 0.108. The van der Waals surface area contributed by atoms with Crippen LogP contribution in [-0.2, 0) is 4.79 Å². The molecule has 4 nitrogen and oxygen atoms in total. The Labute approximate surface area is 111 Å². The third kappa shape index (κ3) is 2.93. The number of aliphatic hydroxyl groups excluding tert-OH is 2. The molecule has 0 aliphatic heterocycles. The molecule has 0 spiro atoms. The zero-order chi connectivity index (χ0) is 14.0. The van der Waals surface area contributed by atoms with Gasteiger partial charge >= 0.3 is 0 Å². The van der Waals surface area contributed by atoms with Gasteiger partial charge in [-0.15, -0.1) is 0 Å². The van der Waals surface area contributed by atoms with Crippen molar-refractivity contribution in [1.29, 1.82) is 0 Å². The third-order valence-corrected chi connectivity index (χ3v) is 3.55. The molecule has 3 N–H and O–H groups in total. The van der Waals surface area contributed by atoms with Crippen molar-refractivity contribution in [2.45, 2.75) is 24.8 Å². The fraction of sp³-hybridized carbons (Fsp3) is 0.500. The number of hydrogen-bond acceptors (Lipinski definition) is 3. The average Bonchev–Trinajstić information content (AvgIpc) is 3.19. The Morgan fingerprint density at radius 1 is 1.42 bits per heavy atom. The van der Waals surface area contributed by atoms with E-state index in [1.54, 1.807) is 25.1 Å². The highest BCUT2D eigenvalue weighted by molar-refractivity contribution is 5.83. The quantitative estimate of drug-likeness (QED) is 0.738. The summed E-state index contributed by atoms with van der Waals surface area (Å²) in [6.45, 7) is 0.879. The number of carbonyl (C=O) groups is 1. The minimum Gasteiger partial charge on any atom is -0.394 e. The van der Waals surface area contributed by atoms with E-state index in [0.29, 0.717) is 12.0 Å². The summed E-state index contributed by atoms with van der Waals surface area (Å²) in [4.78, 5) is 12.0. The number of nitrogens with one attached hydrogen (secondary N) is 1. The molecule has 1 aromatic rings. The number of hydrogen-bond donors (Lipinski definition) is 3. The van der Waals surface area contributed by atoms with Crippen molar-refractivity contribution in [2.75, 3.05) is 13.2 Å². The first kappa shape index (κ1) is 14.0. The van der Waals surface area contributed by atoms with Crippen LogP contribution in [0.3, 0.4) is 0 Å². The second-order valence-electron chi connectivity index (χ2n) is 5.34. The number of rotatable bonds is 5. The van der Waals surface area contributed by atoms with Crippen LogP contribution < -0.4 is 5.32 Å². The van der Waals surface area contributed by atoms with Crippen LogP contribution in [0, 0.1) is 11.7 Å². The molecule has 0 unspecified atom stereocenters. The number of carbonyl (C=O) groups excluding carboxylic acids is 1. The van der Waals surface area contributed by atoms with Gasteiger partial charge in [0.25, 0.3) is 0 Å². The summed E-state index contributed by atoms with van der Waals surface area (Å²) in [5.41, 5.74) is -0.475. The van der Waals surface area contributed by atoms with Crippen molar-refractivity contribution >= 4 is 5.91 Å². The standard InChI is InChI=1S/C14H18FNO3/c1-14(7-17,8-18)16-13(19)11-6-10(11)9-4-2-3-5-12(9)15/h2-5,10-11,17-18H,6-8H2,1H3,(H,16,19)/t10-,11-/m0/s1. The number of aliphatic hydroxyl groups is 2. The summed E-state index contributed by atoms with van der Waals surface area (Å²) in [6, 6.07) is 6.43. The van der Waals surface area contributed by atoms with Crippen molar-refractivity contribution < 1.29 is 19.4 Å². The lowest BCUT2D eigenvalue weighted by Crippen LogP contribution is -2.52. The summed E-state index contributed by atoms with van der Waals surface area (Å²) in [5.74, 6) is -0.939. The molecule has 2 rings (SSSR count). The lowest BCUT2D eigenvalue weighted by Gasteiger charge is -2.26. The molecule has 0 heterocycles. The van der Waals surface area contributed by atoms with E-state index in [1.165, 1.54) is 6.07 Å². The molecule has 2 atom stereocenters. The highest BCUT2D eigenvalue weighted by Gasteiger charge is 2.46. The van der Waals surface area contributed by atoms with Gasteiger partial charge in [0.05, 0.1) is 18.8 Å². The van der Waals surface area contributed by atoms with Crippen molar-refractivity contribution in [3.8, 4) is 0 Å². The lowest BCUT2D eigenvalue weighted by atomic mass is 10.0. The van der Waals surface area contributed by atoms with Crippen molar-refractivity contribution in [3.63, 3.8) is 0 Å². The van der Waals surface area contributed by atoms with Gasteiger partial charge in [0.1, 0.15) is 5.82 Å². The predicted molar refractivity (Wildman–Crippen MR) is 68.0 cm³/mol. The van der Waals surface area contributed by atoms with Crippen LogP contribution in [0.15, 0.2) is 24.3 Å². The number of benzene rings is 1. The maximum atomic E-state index is 13.6. The Hall–Kier alpha value is -1.46. The van der Waals surface area contributed by atoms with E-state index >= 15 is 0 Å². The van der Waals surface area contributed by atoms with E-state index in [1.807, 2.05) is 0 Å². The van der Waals surface area contributed by atoms with Crippen LogP contribution in [0.4, 0.5) is 4.39 Å². The monoisotopic (exact) mass is 267 g/mol. The molecule has 5 heteroatoms. The summed E-state index contributed by atoms with van der Waals surface area (Å²) >= 11 is 0. The molecule has 1 aliphatic carbocycles. The van der Waals surface area contributed by atoms with E-state index in [4.69, 9.17) is 10.2 Å². The number of amides is 1. The highest BCUT2D eigenvalue weighted by atomic mass is 19.1. The first-order chi connectivity index (χ1) is 9.00. The number of halogens is 1. The van der Waals surface area contributed by atoms with Gasteiger partial charge in [0.2, 0.25) is 5.91 Å². The SMILES string of the molecule is CC(CO)(CO)NC(=O)[C@H]1C[C@H]1c1ccccc1F. The summed E-state index contributed by atoms with van der Waals surface area (Å²) < 4.78 is 13.6. The smallest absolute Gasteiger partial charge is 0.224 e. The van der Waals surface area contributed by atoms with Gasteiger partial charge in [-0.25, -0.2) is 4.39 Å². The van der Waals surface area contributed by atoms with Gasteiger partial charge in [0.15, 0.2) is 0 Å². The molecule has 0 radical (unpaired) electrons. The van der Waals surface area contributed by atoms with E-state index in [-0.39, 0.29) is 36.8 Å². The first-order valence-corrected chi connectivity index (χ1v) is 6.29. The van der Waals surface area contributed by atoms with Gasteiger partial charge in [-0.05, 0) is 30.9 Å². The van der Waals surface area contributed by atoms with Crippen LogP contribution in [0.1, 0.15) is 24.8 Å². The van der Waals surface area contributed by atoms with Crippen LogP contribution in [0.25, 0.3) is 0 Å². The van der Waals surface area contributed by atoms with E-state index in [0.717, 1.165) is 0 Å². The summed E-state index contributed by atoms with van der Waals surface area (Å²) in [5, 5.41) is 20.9. The van der Waals surface area contributed by atoms with Crippen molar-refractivity contribution in [1.82, 2.24) is 5.32 Å². The molecule has 19 heavy (non-hydrogen) atoms. The Kier molecular flexibility index (Phi) is 3.87. The van der Waals surface area contributed by atoms with Crippen molar-refractivity contribution in [3.05, 3.63) is 35.6 Å². The molecule has 1 fully saturated rings. The molecular formula is C14H18FNO3. The van der Waals surface area contributed by atoms with Gasteiger partial charge in [-0.3, -0.25) is 4.79 Å². The predicted octanol–water partition coefficient (Wildman–Crippen LogP) is 0.789. The molecular weight excluding hydrogens is 249 g/mol. The normalized spacial score (nSPS) is 22.1. The maximum Gasteiger partial charge on any atom is 0.224 e. The van der Waals surface area contributed by atoms with E-state index in [2.05, 4.69) is 5.32 Å². The first-order valence-electron chi connectivity index (χ1n) is 6.29. The van der Waals surface area contributed by atoms with Crippen molar-refractivity contribution in [2.24, 2.45) is 5.92 Å². The Bertz CT molecular complexity index is 474. The maximum absolute atomic E-state index is 13.6. The second-order valence-corrected chi connectivity index (χ2v) is 5.34. The molecule has 0 bridgehead atoms. The van der Waals surface area contributed by atoms with Gasteiger partial charge in [-0.2, -0.15) is 0 Å². The Balaban J connectivity index is 2.00. The highest BCUT2D eigenvalue weighted by Crippen LogP contribution is 2.48. The zero-order valence-electron chi connectivity index (χ0n) is 10.8. The summed E-state index contributed by atoms with van der Waals surface area (Å²) in [7, 11) is 0. The fourth-order valence-corrected chi connectivity index (χ4v) is 2.12. The average molecular weight is 267 g/mol. The second kappa shape index (κ2) is 5.27. The molecule has 1 aromatic carbocycles. The van der Waals surface area contributed by atoms with Crippen LogP contribution in [-0.4, -0.2) is 34.9 Å². The topological polar surface area (TPSA) is 69.6 Å². The molecule has 1 amide bonds. The van der Waals surface area contributed by atoms with Crippen LogP contribution in [0.5, 0.6) is 0 Å². The molecule has 1 saturated carbocycles.